The van der Waals surface area contributed by atoms with Crippen LogP contribution in [0.15, 0.2) is 18.2 Å². The van der Waals surface area contributed by atoms with Crippen molar-refractivity contribution in [1.82, 2.24) is 14.9 Å². The molecule has 6 heteroatoms. The van der Waals surface area contributed by atoms with E-state index in [4.69, 9.17) is 5.11 Å². The number of carbonyl (C=O) groups excluding carboxylic acids is 1. The van der Waals surface area contributed by atoms with E-state index in [0.717, 1.165) is 11.3 Å². The lowest BCUT2D eigenvalue weighted by molar-refractivity contribution is -0.121. The minimum atomic E-state index is -0.991. The number of nitrogens with zero attached hydrogens (tertiary/aromatic N) is 2. The number of likely N-dealkylation sites (N-methyl/N-ethyl adjacent to an activating group) is 1. The highest BCUT2D eigenvalue weighted by atomic mass is 16.4. The van der Waals surface area contributed by atoms with Gasteiger partial charge in [0.15, 0.2) is 0 Å². The van der Waals surface area contributed by atoms with Crippen molar-refractivity contribution in [3.05, 3.63) is 29.6 Å². The average Bonchev–Trinajstić information content (AvgIpc) is 2.76. The summed E-state index contributed by atoms with van der Waals surface area (Å²) < 4.78 is 1.83. The molecule has 1 heterocycles. The molecule has 0 aliphatic rings. The van der Waals surface area contributed by atoms with Crippen molar-refractivity contribution in [3.63, 3.8) is 0 Å². The van der Waals surface area contributed by atoms with Gasteiger partial charge in [-0.2, -0.15) is 0 Å². The van der Waals surface area contributed by atoms with Gasteiger partial charge in [0.05, 0.1) is 16.6 Å². The molecule has 0 radical (unpaired) electrons. The number of aromatic carboxylic acids is 1. The van der Waals surface area contributed by atoms with Crippen molar-refractivity contribution in [3.8, 4) is 0 Å². The number of fused-ring (bicyclic) bond motifs is 1. The van der Waals surface area contributed by atoms with E-state index in [1.807, 2.05) is 25.3 Å². The normalized spacial score (nSPS) is 11.6. The lowest BCUT2D eigenvalue weighted by Crippen LogP contribution is -2.27. The van der Waals surface area contributed by atoms with Gasteiger partial charge < -0.3 is 15.0 Å². The summed E-state index contributed by atoms with van der Waals surface area (Å²) in [5, 5.41) is 11.7. The Morgan fingerprint density at radius 2 is 2.00 bits per heavy atom. The molecule has 0 bridgehead atoms. The predicted molar refractivity (Wildman–Crippen MR) is 79.5 cm³/mol. The summed E-state index contributed by atoms with van der Waals surface area (Å²) in [7, 11) is 1.58. The van der Waals surface area contributed by atoms with Gasteiger partial charge in [-0.15, -0.1) is 0 Å². The molecule has 0 atom stereocenters. The second-order valence-corrected chi connectivity index (χ2v) is 5.95. The molecule has 112 valence electrons. The lowest BCUT2D eigenvalue weighted by atomic mass is 9.95. The lowest BCUT2D eigenvalue weighted by Gasteiger charge is -2.19. The maximum Gasteiger partial charge on any atom is 0.335 e. The van der Waals surface area contributed by atoms with Crippen molar-refractivity contribution in [2.75, 3.05) is 7.05 Å². The number of nitrogens with one attached hydrogen (secondary N) is 1. The fourth-order valence-electron chi connectivity index (χ4n) is 2.22. The van der Waals surface area contributed by atoms with Crippen LogP contribution in [0.1, 0.15) is 37.0 Å². The Labute approximate surface area is 122 Å². The van der Waals surface area contributed by atoms with Gasteiger partial charge in [-0.25, -0.2) is 9.78 Å². The molecule has 2 aromatic rings. The number of imidazole rings is 1. The van der Waals surface area contributed by atoms with E-state index in [-0.39, 0.29) is 23.4 Å². The van der Waals surface area contributed by atoms with Crippen LogP contribution in [-0.2, 0) is 16.8 Å². The third-order valence-electron chi connectivity index (χ3n) is 3.25. The third kappa shape index (κ3) is 2.89. The van der Waals surface area contributed by atoms with Crippen LogP contribution in [0.5, 0.6) is 0 Å². The molecule has 0 spiro atoms. The first-order valence-electron chi connectivity index (χ1n) is 6.68. The fraction of sp³-hybridized carbons (Fsp3) is 0.400. The van der Waals surface area contributed by atoms with Crippen LogP contribution in [0.2, 0.25) is 0 Å². The van der Waals surface area contributed by atoms with E-state index in [9.17, 15) is 9.59 Å². The number of carbonyl (C=O) groups is 2. The minimum Gasteiger partial charge on any atom is -0.478 e. The molecule has 1 aromatic carbocycles. The van der Waals surface area contributed by atoms with E-state index in [1.165, 1.54) is 12.1 Å². The van der Waals surface area contributed by atoms with E-state index in [0.29, 0.717) is 5.52 Å². The minimum absolute atomic E-state index is 0.123. The zero-order valence-corrected chi connectivity index (χ0v) is 12.6. The monoisotopic (exact) mass is 289 g/mol. The van der Waals surface area contributed by atoms with Gasteiger partial charge >= 0.3 is 5.97 Å². The number of aromatic nitrogens is 2. The Hall–Kier alpha value is -2.37. The Morgan fingerprint density at radius 1 is 1.33 bits per heavy atom. The van der Waals surface area contributed by atoms with Gasteiger partial charge in [0.2, 0.25) is 5.91 Å². The molecular formula is C15H19N3O3. The maximum atomic E-state index is 11.7. The number of hydrogen-bond donors (Lipinski definition) is 2. The molecule has 6 nitrogen and oxygen atoms in total. The van der Waals surface area contributed by atoms with Gasteiger partial charge in [0.1, 0.15) is 12.4 Å². The number of rotatable bonds is 3. The molecule has 1 amide bonds. The second kappa shape index (κ2) is 5.20. The highest BCUT2D eigenvalue weighted by molar-refractivity contribution is 5.92. The van der Waals surface area contributed by atoms with Gasteiger partial charge in [-0.3, -0.25) is 4.79 Å². The van der Waals surface area contributed by atoms with Crippen LogP contribution in [0.3, 0.4) is 0 Å². The average molecular weight is 289 g/mol. The Balaban J connectivity index is 2.66. The highest BCUT2D eigenvalue weighted by Gasteiger charge is 2.24. The molecule has 21 heavy (non-hydrogen) atoms. The van der Waals surface area contributed by atoms with Gasteiger partial charge in [-0.1, -0.05) is 20.8 Å². The summed E-state index contributed by atoms with van der Waals surface area (Å²) in [6, 6.07) is 4.76. The predicted octanol–water partition coefficient (Wildman–Crippen LogP) is 1.78. The smallest absolute Gasteiger partial charge is 0.335 e. The van der Waals surface area contributed by atoms with Crippen molar-refractivity contribution < 1.29 is 14.7 Å². The van der Waals surface area contributed by atoms with Gasteiger partial charge in [0, 0.05) is 12.5 Å². The topological polar surface area (TPSA) is 84.2 Å². The summed E-state index contributed by atoms with van der Waals surface area (Å²) >= 11 is 0. The quantitative estimate of drug-likeness (QED) is 0.902. The molecule has 2 rings (SSSR count). The number of amides is 1. The fourth-order valence-corrected chi connectivity index (χ4v) is 2.22. The largest absolute Gasteiger partial charge is 0.478 e. The molecule has 0 unspecified atom stereocenters. The summed E-state index contributed by atoms with van der Waals surface area (Å²) in [6.45, 7) is 6.18. The number of carboxylic acid groups (broad SMARTS) is 1. The third-order valence-corrected chi connectivity index (χ3v) is 3.25. The van der Waals surface area contributed by atoms with Crippen LogP contribution in [0.4, 0.5) is 0 Å². The molecule has 0 saturated heterocycles. The van der Waals surface area contributed by atoms with E-state index < -0.39 is 5.97 Å². The zero-order valence-electron chi connectivity index (χ0n) is 12.6. The van der Waals surface area contributed by atoms with Crippen molar-refractivity contribution in [1.29, 1.82) is 0 Å². The first kappa shape index (κ1) is 15.0. The van der Waals surface area contributed by atoms with E-state index in [2.05, 4.69) is 10.3 Å². The van der Waals surface area contributed by atoms with E-state index in [1.54, 1.807) is 13.1 Å². The van der Waals surface area contributed by atoms with Gasteiger partial charge in [0.25, 0.3) is 0 Å². The highest BCUT2D eigenvalue weighted by Crippen LogP contribution is 2.27. The Kier molecular flexibility index (Phi) is 3.72. The summed E-state index contributed by atoms with van der Waals surface area (Å²) in [5.74, 6) is -0.360. The second-order valence-electron chi connectivity index (χ2n) is 5.95. The number of carboxylic acids is 1. The van der Waals surface area contributed by atoms with E-state index >= 15 is 0 Å². The van der Waals surface area contributed by atoms with Crippen LogP contribution in [0, 0.1) is 0 Å². The summed E-state index contributed by atoms with van der Waals surface area (Å²) in [4.78, 5) is 27.3. The van der Waals surface area contributed by atoms with Crippen LogP contribution in [-0.4, -0.2) is 33.6 Å². The van der Waals surface area contributed by atoms with Crippen molar-refractivity contribution >= 4 is 22.9 Å². The van der Waals surface area contributed by atoms with Crippen LogP contribution in [0.25, 0.3) is 11.0 Å². The standard InChI is InChI=1S/C15H19N3O3/c1-15(2,3)14-17-10-7-9(13(20)21)5-6-11(10)18(14)8-12(19)16-4/h5-7H,8H2,1-4H3,(H,16,19)(H,20,21). The Morgan fingerprint density at radius 3 is 2.52 bits per heavy atom. The Bertz CT molecular complexity index is 711. The molecule has 0 saturated carbocycles. The molecule has 2 N–H and O–H groups in total. The van der Waals surface area contributed by atoms with Crippen molar-refractivity contribution in [2.24, 2.45) is 0 Å². The zero-order chi connectivity index (χ0) is 15.8. The first-order valence-corrected chi connectivity index (χ1v) is 6.68. The number of hydrogen-bond acceptors (Lipinski definition) is 3. The summed E-state index contributed by atoms with van der Waals surface area (Å²) in [6.07, 6.45) is 0. The summed E-state index contributed by atoms with van der Waals surface area (Å²) in [5.41, 5.74) is 1.28. The molecule has 0 aliphatic heterocycles. The van der Waals surface area contributed by atoms with Gasteiger partial charge in [-0.05, 0) is 18.2 Å². The maximum absolute atomic E-state index is 11.7. The van der Waals surface area contributed by atoms with Crippen LogP contribution < -0.4 is 5.32 Å². The first-order chi connectivity index (χ1) is 9.74. The molecule has 0 aliphatic carbocycles. The number of benzene rings is 1. The van der Waals surface area contributed by atoms with Crippen molar-refractivity contribution in [2.45, 2.75) is 32.7 Å². The van der Waals surface area contributed by atoms with Crippen LogP contribution >= 0.6 is 0 Å². The molecule has 1 aromatic heterocycles. The molecular weight excluding hydrogens is 270 g/mol. The molecule has 0 fully saturated rings. The SMILES string of the molecule is CNC(=O)Cn1c(C(C)(C)C)nc2cc(C(=O)O)ccc21.